The first-order chi connectivity index (χ1) is 11.0. The molecule has 7 heteroatoms. The monoisotopic (exact) mass is 333 g/mol. The van der Waals surface area contributed by atoms with Crippen LogP contribution >= 0.6 is 11.8 Å². The number of hydrogen-bond donors (Lipinski definition) is 4. The van der Waals surface area contributed by atoms with Crippen molar-refractivity contribution in [2.24, 2.45) is 0 Å². The number of carbonyl (C=O) groups excluding carboxylic acids is 2. The molecular formula is C16H19N3O3S. The summed E-state index contributed by atoms with van der Waals surface area (Å²) in [5.74, 6) is -0.658. The third-order valence-corrected chi connectivity index (χ3v) is 5.33. The standard InChI is InChI=1S/C16H19N3O3S/c1-9(20)13-14(21)19-16(23-2,15(22)18-13)7-10-8-17-12-6-4-3-5-11(10)12/h3-6,8-9,13,17,20H,7H2,1-2H3,(H,18,22)(H,19,21). The molecule has 0 saturated carbocycles. The topological polar surface area (TPSA) is 94.2 Å². The Morgan fingerprint density at radius 2 is 2.09 bits per heavy atom. The molecule has 0 spiro atoms. The highest BCUT2D eigenvalue weighted by Crippen LogP contribution is 2.31. The van der Waals surface area contributed by atoms with Crippen molar-refractivity contribution < 1.29 is 14.7 Å². The van der Waals surface area contributed by atoms with Gasteiger partial charge in [-0.3, -0.25) is 9.59 Å². The molecule has 23 heavy (non-hydrogen) atoms. The van der Waals surface area contributed by atoms with Gasteiger partial charge >= 0.3 is 0 Å². The number of piperazine rings is 1. The SMILES string of the molecule is CSC1(Cc2c[nH]c3ccccc23)NC(=O)C(C(C)O)NC1=O. The molecule has 1 saturated heterocycles. The summed E-state index contributed by atoms with van der Waals surface area (Å²) >= 11 is 1.29. The fourth-order valence-electron chi connectivity index (χ4n) is 2.88. The lowest BCUT2D eigenvalue weighted by atomic mass is 9.99. The molecule has 2 heterocycles. The first kappa shape index (κ1) is 15.9. The van der Waals surface area contributed by atoms with Crippen LogP contribution in [0.5, 0.6) is 0 Å². The normalized spacial score (nSPS) is 26.0. The van der Waals surface area contributed by atoms with E-state index < -0.39 is 17.0 Å². The van der Waals surface area contributed by atoms with Crippen LogP contribution < -0.4 is 10.6 Å². The third-order valence-electron chi connectivity index (χ3n) is 4.21. The van der Waals surface area contributed by atoms with Crippen LogP contribution in [0.15, 0.2) is 30.5 Å². The summed E-state index contributed by atoms with van der Waals surface area (Å²) in [6, 6.07) is 6.92. The quantitative estimate of drug-likeness (QED) is 0.665. The van der Waals surface area contributed by atoms with E-state index in [1.165, 1.54) is 18.7 Å². The number of rotatable bonds is 4. The van der Waals surface area contributed by atoms with Crippen molar-refractivity contribution in [1.29, 1.82) is 0 Å². The largest absolute Gasteiger partial charge is 0.391 e. The number of aliphatic hydroxyl groups is 1. The van der Waals surface area contributed by atoms with Crippen LogP contribution in [0.3, 0.4) is 0 Å². The summed E-state index contributed by atoms with van der Waals surface area (Å²) in [5, 5.41) is 16.1. The zero-order chi connectivity index (χ0) is 16.6. The Labute approximate surface area is 138 Å². The molecule has 3 atom stereocenters. The van der Waals surface area contributed by atoms with E-state index >= 15 is 0 Å². The Hall–Kier alpha value is -1.99. The highest BCUT2D eigenvalue weighted by atomic mass is 32.2. The van der Waals surface area contributed by atoms with Crippen molar-refractivity contribution in [2.75, 3.05) is 6.26 Å². The first-order valence-electron chi connectivity index (χ1n) is 7.38. The van der Waals surface area contributed by atoms with Gasteiger partial charge in [-0.25, -0.2) is 0 Å². The fraction of sp³-hybridized carbons (Fsp3) is 0.375. The first-order valence-corrected chi connectivity index (χ1v) is 8.60. The van der Waals surface area contributed by atoms with Crippen molar-refractivity contribution in [3.63, 3.8) is 0 Å². The van der Waals surface area contributed by atoms with E-state index in [1.807, 2.05) is 30.5 Å². The number of carbonyl (C=O) groups is 2. The number of aromatic amines is 1. The van der Waals surface area contributed by atoms with Crippen LogP contribution in [0.4, 0.5) is 0 Å². The molecule has 2 amide bonds. The van der Waals surface area contributed by atoms with Crippen LogP contribution in [-0.2, 0) is 16.0 Å². The van der Waals surface area contributed by atoms with Gasteiger partial charge in [0.25, 0.3) is 5.91 Å². The lowest BCUT2D eigenvalue weighted by Gasteiger charge is -2.39. The number of H-pyrrole nitrogens is 1. The van der Waals surface area contributed by atoms with E-state index in [2.05, 4.69) is 15.6 Å². The van der Waals surface area contributed by atoms with Crippen LogP contribution in [0, 0.1) is 0 Å². The van der Waals surface area contributed by atoms with Gasteiger partial charge in [0.05, 0.1) is 6.10 Å². The summed E-state index contributed by atoms with van der Waals surface area (Å²) in [6.45, 7) is 1.48. The highest BCUT2D eigenvalue weighted by molar-refractivity contribution is 8.00. The second-order valence-corrected chi connectivity index (χ2v) is 6.85. The molecule has 1 fully saturated rings. The van der Waals surface area contributed by atoms with Crippen molar-refractivity contribution in [2.45, 2.75) is 30.4 Å². The van der Waals surface area contributed by atoms with Gasteiger partial charge in [0, 0.05) is 23.5 Å². The minimum Gasteiger partial charge on any atom is -0.391 e. The van der Waals surface area contributed by atoms with E-state index in [0.29, 0.717) is 6.42 Å². The number of benzene rings is 1. The van der Waals surface area contributed by atoms with E-state index in [9.17, 15) is 14.7 Å². The van der Waals surface area contributed by atoms with Crippen molar-refractivity contribution in [3.8, 4) is 0 Å². The summed E-state index contributed by atoms with van der Waals surface area (Å²) in [4.78, 5) is 26.9. The summed E-state index contributed by atoms with van der Waals surface area (Å²) in [7, 11) is 0. The van der Waals surface area contributed by atoms with Crippen LogP contribution in [0.2, 0.25) is 0 Å². The van der Waals surface area contributed by atoms with Crippen LogP contribution in [-0.4, -0.2) is 45.2 Å². The van der Waals surface area contributed by atoms with Crippen LogP contribution in [0.1, 0.15) is 12.5 Å². The molecule has 3 unspecified atom stereocenters. The second-order valence-electron chi connectivity index (χ2n) is 5.75. The molecule has 1 aromatic heterocycles. The number of para-hydroxylation sites is 1. The number of thioether (sulfide) groups is 1. The molecule has 0 aliphatic carbocycles. The Bertz CT molecular complexity index is 758. The van der Waals surface area contributed by atoms with Gasteiger partial charge in [-0.15, -0.1) is 11.8 Å². The highest BCUT2D eigenvalue weighted by Gasteiger charge is 2.47. The van der Waals surface area contributed by atoms with E-state index in [-0.39, 0.29) is 11.8 Å². The zero-order valence-corrected chi connectivity index (χ0v) is 13.7. The molecule has 3 rings (SSSR count). The van der Waals surface area contributed by atoms with E-state index in [4.69, 9.17) is 0 Å². The second kappa shape index (κ2) is 5.90. The smallest absolute Gasteiger partial charge is 0.257 e. The molecule has 1 aliphatic heterocycles. The van der Waals surface area contributed by atoms with Gasteiger partial charge in [-0.05, 0) is 24.8 Å². The zero-order valence-electron chi connectivity index (χ0n) is 12.9. The number of nitrogens with one attached hydrogen (secondary N) is 3. The molecule has 2 aromatic rings. The van der Waals surface area contributed by atoms with Crippen LogP contribution in [0.25, 0.3) is 10.9 Å². The van der Waals surface area contributed by atoms with E-state index in [0.717, 1.165) is 16.5 Å². The average Bonchev–Trinajstić information content (AvgIpc) is 2.93. The van der Waals surface area contributed by atoms with E-state index in [1.54, 1.807) is 6.26 Å². The average molecular weight is 333 g/mol. The lowest BCUT2D eigenvalue weighted by molar-refractivity contribution is -0.140. The molecule has 1 aromatic carbocycles. The fourth-order valence-corrected chi connectivity index (χ4v) is 3.63. The maximum Gasteiger partial charge on any atom is 0.257 e. The predicted molar refractivity (Wildman–Crippen MR) is 90.0 cm³/mol. The number of hydrogen-bond acceptors (Lipinski definition) is 4. The molecule has 122 valence electrons. The summed E-state index contributed by atoms with van der Waals surface area (Å²) in [5.41, 5.74) is 1.95. The maximum absolute atomic E-state index is 12.6. The lowest BCUT2D eigenvalue weighted by Crippen LogP contribution is -2.70. The summed E-state index contributed by atoms with van der Waals surface area (Å²) in [6.07, 6.45) is 3.08. The number of aliphatic hydroxyl groups excluding tert-OH is 1. The van der Waals surface area contributed by atoms with Gasteiger partial charge in [-0.1, -0.05) is 18.2 Å². The van der Waals surface area contributed by atoms with Gasteiger partial charge in [0.15, 0.2) is 4.87 Å². The Morgan fingerprint density at radius 3 is 2.78 bits per heavy atom. The predicted octanol–water partition coefficient (Wildman–Crippen LogP) is 0.765. The Kier molecular flexibility index (Phi) is 4.08. The molecule has 0 bridgehead atoms. The minimum atomic E-state index is -1.08. The maximum atomic E-state index is 12.6. The molecule has 6 nitrogen and oxygen atoms in total. The third kappa shape index (κ3) is 2.70. The molecular weight excluding hydrogens is 314 g/mol. The molecule has 4 N–H and O–H groups in total. The molecule has 0 radical (unpaired) electrons. The Morgan fingerprint density at radius 1 is 1.35 bits per heavy atom. The minimum absolute atomic E-state index is 0.291. The molecule has 1 aliphatic rings. The van der Waals surface area contributed by atoms with Crippen molar-refractivity contribution in [3.05, 3.63) is 36.0 Å². The van der Waals surface area contributed by atoms with Gasteiger partial charge in [0.1, 0.15) is 6.04 Å². The number of amides is 2. The van der Waals surface area contributed by atoms with Crippen molar-refractivity contribution >= 4 is 34.5 Å². The number of aromatic nitrogens is 1. The van der Waals surface area contributed by atoms with Crippen molar-refractivity contribution in [1.82, 2.24) is 15.6 Å². The van der Waals surface area contributed by atoms with Gasteiger partial charge < -0.3 is 20.7 Å². The summed E-state index contributed by atoms with van der Waals surface area (Å²) < 4.78 is 0. The van der Waals surface area contributed by atoms with Gasteiger partial charge in [0.2, 0.25) is 5.91 Å². The Balaban J connectivity index is 1.93. The number of fused-ring (bicyclic) bond motifs is 1. The van der Waals surface area contributed by atoms with Gasteiger partial charge in [-0.2, -0.15) is 0 Å².